The quantitative estimate of drug-likeness (QED) is 0.276. The van der Waals surface area contributed by atoms with Crippen LogP contribution >= 0.6 is 11.3 Å². The third-order valence-electron chi connectivity index (χ3n) is 6.27. The van der Waals surface area contributed by atoms with Crippen molar-refractivity contribution in [2.75, 3.05) is 11.5 Å². The average Bonchev–Trinajstić information content (AvgIpc) is 3.46. The largest absolute Gasteiger partial charge is 0.503 e. The minimum atomic E-state index is -0.807. The van der Waals surface area contributed by atoms with Gasteiger partial charge in [0, 0.05) is 0 Å². The number of fused-ring (bicyclic) bond motifs is 1. The van der Waals surface area contributed by atoms with Crippen LogP contribution in [-0.4, -0.2) is 28.4 Å². The van der Waals surface area contributed by atoms with Crippen LogP contribution < -0.4 is 9.64 Å². The van der Waals surface area contributed by atoms with E-state index in [1.54, 1.807) is 6.08 Å². The standard InChI is InChI=1S/C30H26N2O4S/c1-3-19-10-13-21(14-11-19)27-26(24(33)17-12-20-8-6-5-7-9-20)28(34)29(35)32(27)30-31-23-16-15-22(36-4-2)18-25(23)37-30/h5-18,27,34H,3-4H2,1-2H3. The number of hydrogen-bond acceptors (Lipinski definition) is 6. The van der Waals surface area contributed by atoms with Gasteiger partial charge >= 0.3 is 0 Å². The summed E-state index contributed by atoms with van der Waals surface area (Å²) in [4.78, 5) is 33.0. The maximum absolute atomic E-state index is 13.4. The first-order chi connectivity index (χ1) is 18.0. The van der Waals surface area contributed by atoms with Crippen LogP contribution in [0.25, 0.3) is 16.3 Å². The van der Waals surface area contributed by atoms with Gasteiger partial charge in [0.1, 0.15) is 5.75 Å². The predicted octanol–water partition coefficient (Wildman–Crippen LogP) is 6.44. The lowest BCUT2D eigenvalue weighted by atomic mass is 9.95. The molecule has 4 aromatic rings. The Bertz CT molecular complexity index is 1520. The molecule has 5 rings (SSSR count). The molecule has 7 heteroatoms. The van der Waals surface area contributed by atoms with E-state index >= 15 is 0 Å². The highest BCUT2D eigenvalue weighted by molar-refractivity contribution is 7.22. The number of aryl methyl sites for hydroxylation is 1. The van der Waals surface area contributed by atoms with E-state index in [-0.39, 0.29) is 5.57 Å². The van der Waals surface area contributed by atoms with Crippen LogP contribution in [0.2, 0.25) is 0 Å². The van der Waals surface area contributed by atoms with Gasteiger partial charge in [-0.05, 0) is 54.3 Å². The van der Waals surface area contributed by atoms with Gasteiger partial charge in [-0.15, -0.1) is 0 Å². The van der Waals surface area contributed by atoms with Crippen molar-refractivity contribution in [3.63, 3.8) is 0 Å². The van der Waals surface area contributed by atoms with Crippen LogP contribution in [0.4, 0.5) is 5.13 Å². The first-order valence-corrected chi connectivity index (χ1v) is 13.0. The summed E-state index contributed by atoms with van der Waals surface area (Å²) in [6.45, 7) is 4.52. The first-order valence-electron chi connectivity index (χ1n) is 12.2. The number of carbonyl (C=O) groups excluding carboxylic acids is 2. The van der Waals surface area contributed by atoms with Gasteiger partial charge in [-0.3, -0.25) is 14.5 Å². The van der Waals surface area contributed by atoms with Crippen molar-refractivity contribution in [3.8, 4) is 5.75 Å². The monoisotopic (exact) mass is 510 g/mol. The summed E-state index contributed by atoms with van der Waals surface area (Å²) >= 11 is 1.32. The molecule has 1 aromatic heterocycles. The Labute approximate surface area is 219 Å². The van der Waals surface area contributed by atoms with Gasteiger partial charge in [-0.2, -0.15) is 0 Å². The van der Waals surface area contributed by atoms with Crippen LogP contribution in [0.15, 0.2) is 90.2 Å². The first kappa shape index (κ1) is 24.5. The molecule has 37 heavy (non-hydrogen) atoms. The molecular weight excluding hydrogens is 484 g/mol. The summed E-state index contributed by atoms with van der Waals surface area (Å²) in [6.07, 6.45) is 3.94. The lowest BCUT2D eigenvalue weighted by Crippen LogP contribution is -2.30. The number of ketones is 1. The number of aliphatic hydroxyl groups is 1. The Kier molecular flexibility index (Phi) is 6.88. The summed E-state index contributed by atoms with van der Waals surface area (Å²) in [7, 11) is 0. The van der Waals surface area contributed by atoms with Gasteiger partial charge < -0.3 is 9.84 Å². The Morgan fingerprint density at radius 3 is 2.54 bits per heavy atom. The molecule has 1 N–H and O–H groups in total. The average molecular weight is 511 g/mol. The van der Waals surface area contributed by atoms with Gasteiger partial charge in [0.25, 0.3) is 5.91 Å². The zero-order valence-electron chi connectivity index (χ0n) is 20.5. The number of rotatable bonds is 8. The smallest absolute Gasteiger partial charge is 0.296 e. The summed E-state index contributed by atoms with van der Waals surface area (Å²) in [5.74, 6) is -0.916. The van der Waals surface area contributed by atoms with E-state index in [9.17, 15) is 14.7 Å². The lowest BCUT2D eigenvalue weighted by Gasteiger charge is -2.24. The van der Waals surface area contributed by atoms with E-state index in [1.165, 1.54) is 22.3 Å². The molecule has 0 bridgehead atoms. The molecule has 0 fully saturated rings. The fraction of sp³-hybridized carbons (Fsp3) is 0.167. The number of carbonyl (C=O) groups is 2. The van der Waals surface area contributed by atoms with Gasteiger partial charge in [0.05, 0.1) is 28.4 Å². The number of nitrogens with zero attached hydrogens (tertiary/aromatic N) is 2. The van der Waals surface area contributed by atoms with Crippen LogP contribution in [0.3, 0.4) is 0 Å². The van der Waals surface area contributed by atoms with E-state index < -0.39 is 23.5 Å². The molecule has 2 heterocycles. The van der Waals surface area contributed by atoms with Gasteiger partial charge in [0.15, 0.2) is 16.7 Å². The van der Waals surface area contributed by atoms with E-state index in [2.05, 4.69) is 11.9 Å². The summed E-state index contributed by atoms with van der Waals surface area (Å²) < 4.78 is 6.45. The van der Waals surface area contributed by atoms with Gasteiger partial charge in [-0.1, -0.05) is 78.9 Å². The topological polar surface area (TPSA) is 79.7 Å². The minimum absolute atomic E-state index is 0.0377. The SMILES string of the molecule is CCOc1ccc2nc(N3C(=O)C(O)=C(C(=O)C=Cc4ccccc4)C3c3ccc(CC)cc3)sc2c1. The second-order valence-corrected chi connectivity index (χ2v) is 9.61. The Hall–Kier alpha value is -4.23. The highest BCUT2D eigenvalue weighted by atomic mass is 32.1. The Balaban J connectivity index is 1.58. The fourth-order valence-corrected chi connectivity index (χ4v) is 5.40. The number of allylic oxidation sites excluding steroid dienone is 1. The Morgan fingerprint density at radius 2 is 1.84 bits per heavy atom. The van der Waals surface area contributed by atoms with Gasteiger partial charge in [0.2, 0.25) is 0 Å². The van der Waals surface area contributed by atoms with Crippen molar-refractivity contribution in [1.29, 1.82) is 0 Å². The zero-order chi connectivity index (χ0) is 25.9. The van der Waals surface area contributed by atoms with Crippen molar-refractivity contribution < 1.29 is 19.4 Å². The highest BCUT2D eigenvalue weighted by Crippen LogP contribution is 2.44. The summed E-state index contributed by atoms with van der Waals surface area (Å²) in [5, 5.41) is 11.4. The zero-order valence-corrected chi connectivity index (χ0v) is 21.4. The number of thiazole rings is 1. The molecule has 1 amide bonds. The highest BCUT2D eigenvalue weighted by Gasteiger charge is 2.45. The van der Waals surface area contributed by atoms with Crippen molar-refractivity contribution in [2.45, 2.75) is 26.3 Å². The molecular formula is C30H26N2O4S. The molecule has 0 radical (unpaired) electrons. The molecule has 1 unspecified atom stereocenters. The fourth-order valence-electron chi connectivity index (χ4n) is 4.38. The minimum Gasteiger partial charge on any atom is -0.503 e. The molecule has 0 saturated carbocycles. The van der Waals surface area contributed by atoms with Crippen molar-refractivity contribution in [1.82, 2.24) is 4.98 Å². The molecule has 1 aliphatic heterocycles. The number of anilines is 1. The van der Waals surface area contributed by atoms with E-state index in [0.717, 1.165) is 27.8 Å². The number of amides is 1. The van der Waals surface area contributed by atoms with Crippen molar-refractivity contribution in [3.05, 3.63) is 107 Å². The molecule has 1 aliphatic rings. The summed E-state index contributed by atoms with van der Waals surface area (Å²) in [5.41, 5.74) is 3.45. The molecule has 0 saturated heterocycles. The van der Waals surface area contributed by atoms with E-state index in [4.69, 9.17) is 4.74 Å². The normalized spacial score (nSPS) is 15.8. The third-order valence-corrected chi connectivity index (χ3v) is 7.29. The van der Waals surface area contributed by atoms with Crippen molar-refractivity contribution >= 4 is 44.5 Å². The number of ether oxygens (including phenoxy) is 1. The number of hydrogen-bond donors (Lipinski definition) is 1. The van der Waals surface area contributed by atoms with Gasteiger partial charge in [-0.25, -0.2) is 4.98 Å². The van der Waals surface area contributed by atoms with Crippen molar-refractivity contribution in [2.24, 2.45) is 0 Å². The molecule has 0 spiro atoms. The Morgan fingerprint density at radius 1 is 1.08 bits per heavy atom. The second-order valence-electron chi connectivity index (χ2n) is 8.60. The predicted molar refractivity (Wildman–Crippen MR) is 147 cm³/mol. The number of aliphatic hydroxyl groups excluding tert-OH is 1. The molecule has 0 aliphatic carbocycles. The second kappa shape index (κ2) is 10.4. The van der Waals surface area contributed by atoms with Crippen LogP contribution in [-0.2, 0) is 16.0 Å². The molecule has 186 valence electrons. The molecule has 1 atom stereocenters. The number of benzene rings is 3. The lowest BCUT2D eigenvalue weighted by molar-refractivity contribution is -0.117. The maximum Gasteiger partial charge on any atom is 0.296 e. The van der Waals surface area contributed by atoms with Crippen LogP contribution in [0, 0.1) is 0 Å². The van der Waals surface area contributed by atoms with E-state index in [0.29, 0.717) is 23.0 Å². The molecule has 3 aromatic carbocycles. The number of aromatic nitrogens is 1. The maximum atomic E-state index is 13.4. The molecule has 6 nitrogen and oxygen atoms in total. The van der Waals surface area contributed by atoms with Crippen LogP contribution in [0.5, 0.6) is 5.75 Å². The van der Waals surface area contributed by atoms with E-state index in [1.807, 2.05) is 79.7 Å². The third kappa shape index (κ3) is 4.78. The summed E-state index contributed by atoms with van der Waals surface area (Å²) in [6, 6.07) is 21.9. The van der Waals surface area contributed by atoms with Crippen LogP contribution in [0.1, 0.15) is 36.6 Å².